The molecule has 17 heavy (non-hydrogen) atoms. The predicted molar refractivity (Wildman–Crippen MR) is 74.4 cm³/mol. The van der Waals surface area contributed by atoms with Crippen LogP contribution in [0.25, 0.3) is 0 Å². The molecule has 1 fully saturated rings. The molecule has 2 rings (SSSR count). The van der Waals surface area contributed by atoms with Gasteiger partial charge in [0, 0.05) is 23.0 Å². The van der Waals surface area contributed by atoms with Gasteiger partial charge in [-0.05, 0) is 49.3 Å². The molecule has 1 atom stereocenters. The second-order valence-electron chi connectivity index (χ2n) is 4.58. The van der Waals surface area contributed by atoms with Crippen molar-refractivity contribution in [2.45, 2.75) is 20.3 Å². The summed E-state index contributed by atoms with van der Waals surface area (Å²) in [7, 11) is 0. The third-order valence-corrected chi connectivity index (χ3v) is 4.27. The number of carbonyl (C=O) groups excluding carboxylic acids is 1. The summed E-state index contributed by atoms with van der Waals surface area (Å²) >= 11 is 1.85. The van der Waals surface area contributed by atoms with Gasteiger partial charge in [0.25, 0.3) is 0 Å². The van der Waals surface area contributed by atoms with Crippen molar-refractivity contribution in [3.8, 4) is 0 Å². The van der Waals surface area contributed by atoms with E-state index in [1.54, 1.807) is 0 Å². The number of thioether (sulfide) groups is 1. The molecular formula is C13H18N2OS. The van der Waals surface area contributed by atoms with Crippen molar-refractivity contribution in [3.05, 3.63) is 23.3 Å². The minimum Gasteiger partial charge on any atom is -0.399 e. The maximum atomic E-state index is 12.0. The maximum Gasteiger partial charge on any atom is 0.228 e. The van der Waals surface area contributed by atoms with Crippen LogP contribution in [0.2, 0.25) is 0 Å². The summed E-state index contributed by atoms with van der Waals surface area (Å²) in [6.45, 7) is 3.95. The van der Waals surface area contributed by atoms with Crippen molar-refractivity contribution < 1.29 is 4.79 Å². The smallest absolute Gasteiger partial charge is 0.228 e. The largest absolute Gasteiger partial charge is 0.399 e. The van der Waals surface area contributed by atoms with Crippen LogP contribution in [0.4, 0.5) is 11.4 Å². The molecule has 0 radical (unpaired) electrons. The molecule has 0 aromatic heterocycles. The van der Waals surface area contributed by atoms with Crippen molar-refractivity contribution in [2.24, 2.45) is 5.92 Å². The van der Waals surface area contributed by atoms with E-state index in [0.717, 1.165) is 40.4 Å². The average molecular weight is 250 g/mol. The fraction of sp³-hybridized carbons (Fsp3) is 0.462. The van der Waals surface area contributed by atoms with Crippen molar-refractivity contribution in [3.63, 3.8) is 0 Å². The summed E-state index contributed by atoms with van der Waals surface area (Å²) in [5.41, 5.74) is 9.49. The minimum absolute atomic E-state index is 0.144. The monoisotopic (exact) mass is 250 g/mol. The zero-order chi connectivity index (χ0) is 12.4. The molecule has 3 N–H and O–H groups in total. The molecule has 0 spiro atoms. The lowest BCUT2D eigenvalue weighted by Gasteiger charge is -2.15. The van der Waals surface area contributed by atoms with Crippen LogP contribution < -0.4 is 11.1 Å². The predicted octanol–water partition coefficient (Wildman–Crippen LogP) is 2.58. The highest BCUT2D eigenvalue weighted by atomic mass is 32.2. The van der Waals surface area contributed by atoms with Crippen LogP contribution in [0.1, 0.15) is 17.5 Å². The molecule has 3 nitrogen and oxygen atoms in total. The number of aryl methyl sites for hydroxylation is 2. The summed E-state index contributed by atoms with van der Waals surface area (Å²) in [6.07, 6.45) is 0.990. The second kappa shape index (κ2) is 5.00. The molecule has 1 amide bonds. The van der Waals surface area contributed by atoms with Gasteiger partial charge in [0.2, 0.25) is 5.91 Å². The molecule has 92 valence electrons. The Bertz CT molecular complexity index is 416. The normalized spacial score (nSPS) is 19.3. The summed E-state index contributed by atoms with van der Waals surface area (Å²) < 4.78 is 0. The number of benzene rings is 1. The highest BCUT2D eigenvalue weighted by Crippen LogP contribution is 2.27. The number of hydrogen-bond donors (Lipinski definition) is 2. The summed E-state index contributed by atoms with van der Waals surface area (Å²) in [5, 5.41) is 3.04. The van der Waals surface area contributed by atoms with E-state index in [1.165, 1.54) is 0 Å². The highest BCUT2D eigenvalue weighted by molar-refractivity contribution is 7.99. The topological polar surface area (TPSA) is 55.1 Å². The van der Waals surface area contributed by atoms with Gasteiger partial charge in [-0.2, -0.15) is 11.8 Å². The van der Waals surface area contributed by atoms with Gasteiger partial charge in [-0.3, -0.25) is 4.79 Å². The summed E-state index contributed by atoms with van der Waals surface area (Å²) in [4.78, 5) is 12.0. The van der Waals surface area contributed by atoms with E-state index in [0.29, 0.717) is 0 Å². The van der Waals surface area contributed by atoms with E-state index >= 15 is 0 Å². The molecule has 1 unspecified atom stereocenters. The Morgan fingerprint density at radius 3 is 2.59 bits per heavy atom. The Morgan fingerprint density at radius 2 is 2.06 bits per heavy atom. The lowest BCUT2D eigenvalue weighted by atomic mass is 10.1. The first-order valence-corrected chi connectivity index (χ1v) is 6.98. The van der Waals surface area contributed by atoms with Crippen molar-refractivity contribution in [1.82, 2.24) is 0 Å². The molecular weight excluding hydrogens is 232 g/mol. The molecule has 1 aromatic carbocycles. The van der Waals surface area contributed by atoms with Gasteiger partial charge < -0.3 is 11.1 Å². The lowest BCUT2D eigenvalue weighted by Crippen LogP contribution is -2.23. The average Bonchev–Trinajstić information content (AvgIpc) is 2.76. The van der Waals surface area contributed by atoms with Crippen molar-refractivity contribution in [1.29, 1.82) is 0 Å². The Labute approximate surface area is 106 Å². The second-order valence-corrected chi connectivity index (χ2v) is 5.73. The first kappa shape index (κ1) is 12.3. The van der Waals surface area contributed by atoms with Gasteiger partial charge in [0.15, 0.2) is 0 Å². The van der Waals surface area contributed by atoms with Crippen LogP contribution in [-0.4, -0.2) is 17.4 Å². The van der Waals surface area contributed by atoms with E-state index in [2.05, 4.69) is 5.32 Å². The lowest BCUT2D eigenvalue weighted by molar-refractivity contribution is -0.119. The molecule has 1 aliphatic heterocycles. The first-order chi connectivity index (χ1) is 8.08. The molecule has 1 saturated heterocycles. The van der Waals surface area contributed by atoms with E-state index in [1.807, 2.05) is 37.7 Å². The molecule has 0 bridgehead atoms. The Hall–Kier alpha value is -1.16. The molecule has 1 aliphatic rings. The molecule has 0 aliphatic carbocycles. The van der Waals surface area contributed by atoms with Crippen LogP contribution >= 0.6 is 11.8 Å². The van der Waals surface area contributed by atoms with Gasteiger partial charge in [-0.25, -0.2) is 0 Å². The molecule has 1 aromatic rings. The van der Waals surface area contributed by atoms with E-state index in [-0.39, 0.29) is 11.8 Å². The van der Waals surface area contributed by atoms with Gasteiger partial charge in [0.05, 0.1) is 0 Å². The van der Waals surface area contributed by atoms with Crippen LogP contribution in [0.5, 0.6) is 0 Å². The van der Waals surface area contributed by atoms with E-state index < -0.39 is 0 Å². The molecule has 0 saturated carbocycles. The third kappa shape index (κ3) is 2.75. The fourth-order valence-corrected chi connectivity index (χ4v) is 3.38. The van der Waals surface area contributed by atoms with Gasteiger partial charge >= 0.3 is 0 Å². The number of hydrogen-bond acceptors (Lipinski definition) is 3. The zero-order valence-corrected chi connectivity index (χ0v) is 11.1. The standard InChI is InChI=1S/C13H18N2OS/c1-8-5-11(14)6-9(2)12(8)15-13(16)10-3-4-17-7-10/h5-6,10H,3-4,7,14H2,1-2H3,(H,15,16). The van der Waals surface area contributed by atoms with E-state index in [9.17, 15) is 4.79 Å². The highest BCUT2D eigenvalue weighted by Gasteiger charge is 2.23. The van der Waals surface area contributed by atoms with E-state index in [4.69, 9.17) is 5.73 Å². The fourth-order valence-electron chi connectivity index (χ4n) is 2.16. The maximum absolute atomic E-state index is 12.0. The summed E-state index contributed by atoms with van der Waals surface area (Å²) in [6, 6.07) is 3.79. The number of nitrogens with two attached hydrogens (primary N) is 1. The Morgan fingerprint density at radius 1 is 1.41 bits per heavy atom. The van der Waals surface area contributed by atoms with Crippen LogP contribution in [0, 0.1) is 19.8 Å². The number of nitrogens with one attached hydrogen (secondary N) is 1. The molecule has 4 heteroatoms. The quantitative estimate of drug-likeness (QED) is 0.793. The zero-order valence-electron chi connectivity index (χ0n) is 10.2. The number of rotatable bonds is 2. The van der Waals surface area contributed by atoms with Crippen LogP contribution in [-0.2, 0) is 4.79 Å². The van der Waals surface area contributed by atoms with Gasteiger partial charge in [-0.15, -0.1) is 0 Å². The van der Waals surface area contributed by atoms with Crippen molar-refractivity contribution >= 4 is 29.0 Å². The summed E-state index contributed by atoms with van der Waals surface area (Å²) in [5.74, 6) is 2.35. The minimum atomic E-state index is 0.144. The number of carbonyl (C=O) groups is 1. The number of amides is 1. The van der Waals surface area contributed by atoms with Crippen LogP contribution in [0.3, 0.4) is 0 Å². The molecule has 1 heterocycles. The number of nitrogen functional groups attached to an aromatic ring is 1. The first-order valence-electron chi connectivity index (χ1n) is 5.83. The third-order valence-electron chi connectivity index (χ3n) is 3.10. The van der Waals surface area contributed by atoms with Gasteiger partial charge in [-0.1, -0.05) is 0 Å². The van der Waals surface area contributed by atoms with Crippen LogP contribution in [0.15, 0.2) is 12.1 Å². The SMILES string of the molecule is Cc1cc(N)cc(C)c1NC(=O)C1CCSC1. The number of anilines is 2. The Balaban J connectivity index is 2.15. The van der Waals surface area contributed by atoms with Gasteiger partial charge in [0.1, 0.15) is 0 Å². The van der Waals surface area contributed by atoms with Crippen molar-refractivity contribution in [2.75, 3.05) is 22.6 Å². The Kier molecular flexibility index (Phi) is 3.62.